The van der Waals surface area contributed by atoms with Gasteiger partial charge in [0.05, 0.1) is 25.2 Å². The largest absolute Gasteiger partial charge is 0.497 e. The summed E-state index contributed by atoms with van der Waals surface area (Å²) in [6, 6.07) is 23.5. The Hall–Kier alpha value is -4.98. The van der Waals surface area contributed by atoms with Crippen LogP contribution >= 0.6 is 0 Å². The van der Waals surface area contributed by atoms with Crippen molar-refractivity contribution >= 4 is 11.9 Å². The van der Waals surface area contributed by atoms with Gasteiger partial charge in [-0.05, 0) is 88.3 Å². The second-order valence-electron chi connectivity index (χ2n) is 10.4. The molecule has 42 heavy (non-hydrogen) atoms. The molecule has 1 aliphatic carbocycles. The number of ether oxygens (including phenoxy) is 4. The van der Waals surface area contributed by atoms with Crippen LogP contribution in [0.2, 0.25) is 0 Å². The molecule has 8 heteroatoms. The van der Waals surface area contributed by atoms with Crippen molar-refractivity contribution in [2.75, 3.05) is 20.5 Å². The van der Waals surface area contributed by atoms with E-state index in [9.17, 15) is 19.8 Å². The van der Waals surface area contributed by atoms with Crippen molar-refractivity contribution in [1.29, 1.82) is 0 Å². The summed E-state index contributed by atoms with van der Waals surface area (Å²) in [7, 11) is 1.56. The van der Waals surface area contributed by atoms with Gasteiger partial charge in [-0.15, -0.1) is 0 Å². The molecular formula is C34H30O8. The number of methoxy groups -OCH3 is 1. The molecule has 8 nitrogen and oxygen atoms in total. The van der Waals surface area contributed by atoms with Crippen LogP contribution in [0, 0.1) is 5.92 Å². The topological polar surface area (TPSA) is 112 Å². The summed E-state index contributed by atoms with van der Waals surface area (Å²) in [5, 5.41) is 20.5. The highest BCUT2D eigenvalue weighted by Gasteiger charge is 2.47. The molecule has 3 atom stereocenters. The van der Waals surface area contributed by atoms with E-state index in [1.807, 2.05) is 67.6 Å². The van der Waals surface area contributed by atoms with Crippen LogP contribution in [0.3, 0.4) is 0 Å². The Morgan fingerprint density at radius 2 is 1.62 bits per heavy atom. The van der Waals surface area contributed by atoms with E-state index >= 15 is 0 Å². The van der Waals surface area contributed by atoms with Crippen molar-refractivity contribution in [3.8, 4) is 34.1 Å². The van der Waals surface area contributed by atoms with Crippen LogP contribution in [0.5, 0.6) is 23.0 Å². The van der Waals surface area contributed by atoms with Gasteiger partial charge in [0.1, 0.15) is 11.5 Å². The third-order valence-electron chi connectivity index (χ3n) is 7.98. The molecule has 2 N–H and O–H groups in total. The van der Waals surface area contributed by atoms with Gasteiger partial charge in [0, 0.05) is 11.8 Å². The predicted molar refractivity (Wildman–Crippen MR) is 155 cm³/mol. The van der Waals surface area contributed by atoms with Crippen LogP contribution in [0.4, 0.5) is 0 Å². The molecule has 1 aliphatic heterocycles. The Kier molecular flexibility index (Phi) is 7.20. The third kappa shape index (κ3) is 4.79. The number of aromatic carboxylic acids is 1. The number of hydrogen-bond acceptors (Lipinski definition) is 6. The highest BCUT2D eigenvalue weighted by atomic mass is 16.7. The second-order valence-corrected chi connectivity index (χ2v) is 10.4. The number of carboxylic acid groups (broad SMARTS) is 2. The Balaban J connectivity index is 1.58. The van der Waals surface area contributed by atoms with E-state index in [0.717, 1.165) is 28.7 Å². The van der Waals surface area contributed by atoms with Crippen LogP contribution < -0.4 is 18.9 Å². The summed E-state index contributed by atoms with van der Waals surface area (Å²) in [5.41, 5.74) is 4.78. The maximum atomic E-state index is 13.3. The number of carbonyl (C=O) groups is 2. The standard InChI is InChI=1S/C34H30O8/c1-3-13-40-23-9-11-25-27(17-23)31(32(34(37)38)30(25)20-7-12-28-29(15-20)42-18-41-28)24-10-8-22(39-2)16-26(24)19-5-4-6-21(14-19)33(35)36/h4-12,14-17,30-32H,3,13,18H2,1-2H3,(H,35,36)(H,37,38). The van der Waals surface area contributed by atoms with Gasteiger partial charge in [0.15, 0.2) is 11.5 Å². The fraction of sp³-hybridized carbons (Fsp3) is 0.235. The van der Waals surface area contributed by atoms with Crippen molar-refractivity contribution in [2.45, 2.75) is 25.2 Å². The fourth-order valence-corrected chi connectivity index (χ4v) is 6.14. The molecule has 4 aromatic rings. The van der Waals surface area contributed by atoms with E-state index in [0.29, 0.717) is 40.7 Å². The van der Waals surface area contributed by atoms with E-state index < -0.39 is 29.7 Å². The first kappa shape index (κ1) is 27.2. The van der Waals surface area contributed by atoms with Crippen molar-refractivity contribution in [2.24, 2.45) is 5.92 Å². The van der Waals surface area contributed by atoms with Gasteiger partial charge in [0.2, 0.25) is 6.79 Å². The first-order valence-corrected chi connectivity index (χ1v) is 13.8. The fourth-order valence-electron chi connectivity index (χ4n) is 6.14. The lowest BCUT2D eigenvalue weighted by Crippen LogP contribution is -2.24. The molecule has 0 aromatic heterocycles. The monoisotopic (exact) mass is 566 g/mol. The number of benzene rings is 4. The predicted octanol–water partition coefficient (Wildman–Crippen LogP) is 6.56. The average molecular weight is 567 g/mol. The molecular weight excluding hydrogens is 536 g/mol. The highest BCUT2D eigenvalue weighted by molar-refractivity contribution is 5.90. The molecule has 1 heterocycles. The smallest absolute Gasteiger partial charge is 0.335 e. The quantitative estimate of drug-likeness (QED) is 0.234. The Morgan fingerprint density at radius 1 is 0.833 bits per heavy atom. The summed E-state index contributed by atoms with van der Waals surface area (Å²) < 4.78 is 22.7. The molecule has 4 aromatic carbocycles. The molecule has 0 spiro atoms. The van der Waals surface area contributed by atoms with E-state index in [1.54, 1.807) is 19.2 Å². The summed E-state index contributed by atoms with van der Waals surface area (Å²) in [4.78, 5) is 25.1. The van der Waals surface area contributed by atoms with Gasteiger partial charge in [-0.1, -0.05) is 37.3 Å². The molecule has 0 bridgehead atoms. The number of fused-ring (bicyclic) bond motifs is 2. The van der Waals surface area contributed by atoms with Crippen molar-refractivity contribution < 1.29 is 38.7 Å². The third-order valence-corrected chi connectivity index (χ3v) is 7.98. The van der Waals surface area contributed by atoms with E-state index in [4.69, 9.17) is 18.9 Å². The molecule has 6 rings (SSSR count). The Bertz CT molecular complexity index is 1680. The minimum absolute atomic E-state index is 0.119. The first-order chi connectivity index (χ1) is 20.4. The zero-order valence-electron chi connectivity index (χ0n) is 23.2. The van der Waals surface area contributed by atoms with Gasteiger partial charge in [-0.2, -0.15) is 0 Å². The van der Waals surface area contributed by atoms with Gasteiger partial charge >= 0.3 is 11.9 Å². The normalized spacial score (nSPS) is 18.4. The van der Waals surface area contributed by atoms with Gasteiger partial charge in [0.25, 0.3) is 0 Å². The van der Waals surface area contributed by atoms with E-state index in [2.05, 4.69) is 0 Å². The number of rotatable bonds is 9. The molecule has 2 aliphatic rings. The van der Waals surface area contributed by atoms with Crippen molar-refractivity contribution in [3.05, 3.63) is 107 Å². The van der Waals surface area contributed by atoms with Crippen LogP contribution in [-0.2, 0) is 4.79 Å². The summed E-state index contributed by atoms with van der Waals surface area (Å²) in [6.45, 7) is 2.68. The molecule has 214 valence electrons. The number of carboxylic acids is 2. The number of hydrogen-bond donors (Lipinski definition) is 2. The zero-order valence-corrected chi connectivity index (χ0v) is 23.2. The first-order valence-electron chi connectivity index (χ1n) is 13.8. The maximum absolute atomic E-state index is 13.3. The van der Waals surface area contributed by atoms with Crippen molar-refractivity contribution in [1.82, 2.24) is 0 Å². The molecule has 0 fully saturated rings. The van der Waals surface area contributed by atoms with Crippen LogP contribution in [-0.4, -0.2) is 42.7 Å². The summed E-state index contributed by atoms with van der Waals surface area (Å²) in [5.74, 6) is -1.49. The lowest BCUT2D eigenvalue weighted by Gasteiger charge is -2.25. The molecule has 0 amide bonds. The van der Waals surface area contributed by atoms with Crippen LogP contribution in [0.15, 0.2) is 78.9 Å². The summed E-state index contributed by atoms with van der Waals surface area (Å²) in [6.07, 6.45) is 0.834. The SMILES string of the molecule is CCCOc1ccc2c(c1)C(c1ccc(OC)cc1-c1cccc(C(=O)O)c1)C(C(=O)O)C2c1ccc2c(c1)OCO2. The van der Waals surface area contributed by atoms with Crippen molar-refractivity contribution in [3.63, 3.8) is 0 Å². The van der Waals surface area contributed by atoms with E-state index in [-0.39, 0.29) is 12.4 Å². The molecule has 0 saturated heterocycles. The van der Waals surface area contributed by atoms with E-state index in [1.165, 1.54) is 6.07 Å². The highest BCUT2D eigenvalue weighted by Crippen LogP contribution is 2.56. The lowest BCUT2D eigenvalue weighted by atomic mass is 9.77. The average Bonchev–Trinajstić information content (AvgIpc) is 3.61. The molecule has 0 radical (unpaired) electrons. The second kappa shape index (κ2) is 11.1. The minimum atomic E-state index is -1.04. The maximum Gasteiger partial charge on any atom is 0.335 e. The zero-order chi connectivity index (χ0) is 29.4. The minimum Gasteiger partial charge on any atom is -0.497 e. The van der Waals surface area contributed by atoms with Gasteiger partial charge < -0.3 is 29.2 Å². The lowest BCUT2D eigenvalue weighted by molar-refractivity contribution is -0.142. The summed E-state index contributed by atoms with van der Waals surface area (Å²) >= 11 is 0. The number of aliphatic carboxylic acids is 1. The van der Waals surface area contributed by atoms with Gasteiger partial charge in [-0.3, -0.25) is 4.79 Å². The molecule has 0 saturated carbocycles. The Labute approximate surface area is 243 Å². The van der Waals surface area contributed by atoms with Crippen LogP contribution in [0.25, 0.3) is 11.1 Å². The van der Waals surface area contributed by atoms with Gasteiger partial charge in [-0.25, -0.2) is 4.79 Å². The molecule has 3 unspecified atom stereocenters. The van der Waals surface area contributed by atoms with Crippen LogP contribution in [0.1, 0.15) is 57.8 Å². The Morgan fingerprint density at radius 3 is 2.38 bits per heavy atom.